The number of carboxylic acid groups (broad SMARTS) is 1. The minimum Gasteiger partial charge on any atom is -0.480 e. The van der Waals surface area contributed by atoms with Gasteiger partial charge in [0.1, 0.15) is 13.2 Å². The second-order valence-electron chi connectivity index (χ2n) is 9.80. The van der Waals surface area contributed by atoms with Crippen LogP contribution in [0.1, 0.15) is 47.9 Å². The average Bonchev–Trinajstić information content (AvgIpc) is 2.81. The first-order chi connectivity index (χ1) is 17.2. The van der Waals surface area contributed by atoms with Crippen molar-refractivity contribution in [2.45, 2.75) is 57.9 Å². The summed E-state index contributed by atoms with van der Waals surface area (Å²) in [6, 6.07) is 13.3. The van der Waals surface area contributed by atoms with E-state index in [4.69, 9.17) is 9.84 Å². The Labute approximate surface area is 243 Å². The van der Waals surface area contributed by atoms with Gasteiger partial charge in [0.15, 0.2) is 0 Å². The second kappa shape index (κ2) is 15.2. The number of amides is 1. The number of rotatable bonds is 12. The van der Waals surface area contributed by atoms with Crippen LogP contribution in [0.4, 0.5) is 0 Å². The van der Waals surface area contributed by atoms with E-state index < -0.39 is 12.6 Å². The molecule has 37 heavy (non-hydrogen) atoms. The fraction of sp³-hybridized carbons (Fsp3) is 0.500. The van der Waals surface area contributed by atoms with Crippen LogP contribution in [0.5, 0.6) is 0 Å². The summed E-state index contributed by atoms with van der Waals surface area (Å²) in [5.74, 6) is -1.36. The fourth-order valence-electron chi connectivity index (χ4n) is 5.04. The van der Waals surface area contributed by atoms with Gasteiger partial charge in [-0.25, -0.2) is 4.79 Å². The van der Waals surface area contributed by atoms with Crippen molar-refractivity contribution in [3.8, 4) is 0 Å². The van der Waals surface area contributed by atoms with E-state index in [1.165, 1.54) is 35.1 Å². The number of benzene rings is 2. The van der Waals surface area contributed by atoms with Gasteiger partial charge in [-0.3, -0.25) is 9.69 Å². The molecule has 2 N–H and O–H groups in total. The van der Waals surface area contributed by atoms with Gasteiger partial charge in [0, 0.05) is 27.6 Å². The van der Waals surface area contributed by atoms with Crippen molar-refractivity contribution in [3.63, 3.8) is 0 Å². The summed E-state index contributed by atoms with van der Waals surface area (Å²) in [4.78, 5) is 25.1. The van der Waals surface area contributed by atoms with Crippen LogP contribution in [0, 0.1) is 13.8 Å². The fourth-order valence-corrected chi connectivity index (χ4v) is 6.31. The van der Waals surface area contributed by atoms with Crippen LogP contribution in [0.15, 0.2) is 45.3 Å². The Morgan fingerprint density at radius 2 is 1.59 bits per heavy atom. The number of ether oxygens (including phenoxy) is 1. The molecule has 0 bridgehead atoms. The topological polar surface area (TPSA) is 78.9 Å². The maximum absolute atomic E-state index is 12.0. The van der Waals surface area contributed by atoms with Crippen molar-refractivity contribution >= 4 is 56.1 Å². The third-order valence-corrected chi connectivity index (χ3v) is 8.31. The maximum Gasteiger partial charge on any atom is 0.329 e. The summed E-state index contributed by atoms with van der Waals surface area (Å²) in [5.41, 5.74) is 5.09. The number of likely N-dealkylation sites (tertiary alicyclic amines) is 1. The Morgan fingerprint density at radius 3 is 2.14 bits per heavy atom. The highest BCUT2D eigenvalue weighted by Crippen LogP contribution is 2.38. The first kappa shape index (κ1) is 31.8. The molecule has 0 radical (unpaired) electrons. The molecule has 0 unspecified atom stereocenters. The van der Waals surface area contributed by atoms with Crippen LogP contribution in [0.3, 0.4) is 0 Å². The van der Waals surface area contributed by atoms with Crippen LogP contribution in [0.25, 0.3) is 0 Å². The molecule has 2 aromatic carbocycles. The minimum absolute atomic E-state index is 0. The number of aryl methyl sites for hydroxylation is 2. The highest BCUT2D eigenvalue weighted by atomic mass is 79.9. The number of carbonyl (C=O) groups excluding carboxylic acids is 1. The molecule has 1 heterocycles. The standard InChI is InChI=1S/C28H36Br2N2O4.ClH/c1-20-6-8-22(24(29)14-20)16-28(17-23-9-7-21(2)15-25(23)30)10-3-4-12-32(28)13-5-11-31-26(33)18-36-19-27(34)35;/h6-9,14-15H,3-5,10-13,16-19H2,1-2H3,(H,31,33)(H,34,35);1H. The highest BCUT2D eigenvalue weighted by molar-refractivity contribution is 9.10. The molecule has 0 atom stereocenters. The lowest BCUT2D eigenvalue weighted by molar-refractivity contribution is -0.143. The Balaban J connectivity index is 0.00000481. The SMILES string of the molecule is Cc1ccc(CC2(Cc3ccc(C)cc3Br)CCCCN2CCCNC(=O)COCC(=O)O)c(Br)c1.Cl. The number of aliphatic carboxylic acids is 1. The molecule has 9 heteroatoms. The molecular weight excluding hydrogens is 624 g/mol. The molecule has 204 valence electrons. The van der Waals surface area contributed by atoms with E-state index in [0.717, 1.165) is 47.7 Å². The molecular formula is C28H37Br2ClN2O4. The number of hydrogen-bond donors (Lipinski definition) is 2. The van der Waals surface area contributed by atoms with Crippen molar-refractivity contribution in [1.82, 2.24) is 10.2 Å². The molecule has 1 amide bonds. The smallest absolute Gasteiger partial charge is 0.329 e. The summed E-state index contributed by atoms with van der Waals surface area (Å²) < 4.78 is 7.19. The van der Waals surface area contributed by atoms with E-state index in [9.17, 15) is 9.59 Å². The Morgan fingerprint density at radius 1 is 1.00 bits per heavy atom. The second-order valence-corrected chi connectivity index (χ2v) is 11.5. The van der Waals surface area contributed by atoms with Crippen molar-refractivity contribution in [2.75, 3.05) is 32.8 Å². The Hall–Kier alpha value is -1.45. The zero-order chi connectivity index (χ0) is 26.1. The highest BCUT2D eigenvalue weighted by Gasteiger charge is 2.39. The molecule has 1 fully saturated rings. The Bertz CT molecular complexity index is 1010. The first-order valence-corrected chi connectivity index (χ1v) is 14.1. The molecule has 0 saturated carbocycles. The normalized spacial score (nSPS) is 15.1. The van der Waals surface area contributed by atoms with E-state index >= 15 is 0 Å². The summed E-state index contributed by atoms with van der Waals surface area (Å²) in [6.45, 7) is 5.97. The number of nitrogens with zero attached hydrogens (tertiary/aromatic N) is 1. The number of piperidine rings is 1. The number of nitrogens with one attached hydrogen (secondary N) is 1. The third kappa shape index (κ3) is 9.66. The average molecular weight is 661 g/mol. The summed E-state index contributed by atoms with van der Waals surface area (Å²) in [5, 5.41) is 11.5. The lowest BCUT2D eigenvalue weighted by Gasteiger charge is -2.48. The number of carboxylic acids is 1. The molecule has 1 saturated heterocycles. The van der Waals surface area contributed by atoms with Crippen LogP contribution >= 0.6 is 44.3 Å². The molecule has 1 aliphatic rings. The van der Waals surface area contributed by atoms with Gasteiger partial charge in [-0.15, -0.1) is 12.4 Å². The van der Waals surface area contributed by atoms with Crippen molar-refractivity contribution < 1.29 is 19.4 Å². The molecule has 1 aliphatic heterocycles. The number of hydrogen-bond acceptors (Lipinski definition) is 4. The minimum atomic E-state index is -1.08. The van der Waals surface area contributed by atoms with Gasteiger partial charge < -0.3 is 15.2 Å². The van der Waals surface area contributed by atoms with Crippen molar-refractivity contribution in [3.05, 3.63) is 67.6 Å². The van der Waals surface area contributed by atoms with Crippen molar-refractivity contribution in [2.24, 2.45) is 0 Å². The van der Waals surface area contributed by atoms with E-state index in [2.05, 4.69) is 92.3 Å². The quantitative estimate of drug-likeness (QED) is 0.279. The van der Waals surface area contributed by atoms with Gasteiger partial charge in [0.2, 0.25) is 5.91 Å². The molecule has 0 spiro atoms. The van der Waals surface area contributed by atoms with Gasteiger partial charge in [-0.05, 0) is 86.9 Å². The molecule has 6 nitrogen and oxygen atoms in total. The molecule has 2 aromatic rings. The number of carbonyl (C=O) groups is 2. The van der Waals surface area contributed by atoms with E-state index in [0.29, 0.717) is 6.54 Å². The largest absolute Gasteiger partial charge is 0.480 e. The van der Waals surface area contributed by atoms with Crippen LogP contribution in [-0.4, -0.2) is 60.3 Å². The van der Waals surface area contributed by atoms with Crippen LogP contribution in [0.2, 0.25) is 0 Å². The van der Waals surface area contributed by atoms with Gasteiger partial charge in [0.25, 0.3) is 0 Å². The Kier molecular flexibility index (Phi) is 13.1. The molecule has 0 aromatic heterocycles. The van der Waals surface area contributed by atoms with E-state index in [1.807, 2.05) is 0 Å². The van der Waals surface area contributed by atoms with E-state index in [1.54, 1.807) is 0 Å². The summed E-state index contributed by atoms with van der Waals surface area (Å²) in [6.07, 6.45) is 6.19. The monoisotopic (exact) mass is 658 g/mol. The zero-order valence-electron chi connectivity index (χ0n) is 21.5. The number of halogens is 3. The lowest BCUT2D eigenvalue weighted by Crippen LogP contribution is -2.55. The van der Waals surface area contributed by atoms with Crippen LogP contribution < -0.4 is 5.32 Å². The van der Waals surface area contributed by atoms with Crippen molar-refractivity contribution in [1.29, 1.82) is 0 Å². The summed E-state index contributed by atoms with van der Waals surface area (Å²) in [7, 11) is 0. The van der Waals surface area contributed by atoms with E-state index in [-0.39, 0.29) is 30.5 Å². The lowest BCUT2D eigenvalue weighted by atomic mass is 9.76. The predicted molar refractivity (Wildman–Crippen MR) is 157 cm³/mol. The maximum atomic E-state index is 12.0. The van der Waals surface area contributed by atoms with Gasteiger partial charge in [-0.1, -0.05) is 62.5 Å². The van der Waals surface area contributed by atoms with Gasteiger partial charge in [-0.2, -0.15) is 0 Å². The predicted octanol–water partition coefficient (Wildman–Crippen LogP) is 5.87. The molecule has 3 rings (SSSR count). The van der Waals surface area contributed by atoms with Gasteiger partial charge >= 0.3 is 5.97 Å². The summed E-state index contributed by atoms with van der Waals surface area (Å²) >= 11 is 7.63. The zero-order valence-corrected chi connectivity index (χ0v) is 25.5. The van der Waals surface area contributed by atoms with Crippen LogP contribution in [-0.2, 0) is 27.2 Å². The first-order valence-electron chi connectivity index (χ1n) is 12.5. The molecule has 0 aliphatic carbocycles. The third-order valence-electron chi connectivity index (χ3n) is 6.83. The van der Waals surface area contributed by atoms with Gasteiger partial charge in [0.05, 0.1) is 0 Å².